The quantitative estimate of drug-likeness (QED) is 0.337. The average Bonchev–Trinajstić information content (AvgIpc) is 2.88. The lowest BCUT2D eigenvalue weighted by atomic mass is 10.1. The Morgan fingerprint density at radius 3 is 2.61 bits per heavy atom. The first kappa shape index (κ1) is 27.8. The molecule has 2 heterocycles. The van der Waals surface area contributed by atoms with E-state index < -0.39 is 17.5 Å². The minimum atomic E-state index is -0.792. The molecule has 2 aromatic carbocycles. The van der Waals surface area contributed by atoms with E-state index >= 15 is 0 Å². The van der Waals surface area contributed by atoms with Crippen LogP contribution in [0.5, 0.6) is 11.5 Å². The molecule has 9 nitrogen and oxygen atoms in total. The fraction of sp³-hybridized carbons (Fsp3) is 0.444. The van der Waals surface area contributed by atoms with Crippen LogP contribution in [-0.2, 0) is 9.47 Å². The molecular weight excluding hydrogens is 515 g/mol. The van der Waals surface area contributed by atoms with Crippen LogP contribution in [0.2, 0.25) is 5.02 Å². The summed E-state index contributed by atoms with van der Waals surface area (Å²) in [7, 11) is 1.55. The van der Waals surface area contributed by atoms with Crippen molar-refractivity contribution in [2.24, 2.45) is 0 Å². The Labute approximate surface area is 226 Å². The predicted octanol–water partition coefficient (Wildman–Crippen LogP) is 5.61. The van der Waals surface area contributed by atoms with Crippen LogP contribution in [0, 0.1) is 5.82 Å². The second-order valence-corrected chi connectivity index (χ2v) is 10.2. The van der Waals surface area contributed by atoms with Gasteiger partial charge in [-0.05, 0) is 51.5 Å². The zero-order valence-corrected chi connectivity index (χ0v) is 22.8. The molecule has 38 heavy (non-hydrogen) atoms. The van der Waals surface area contributed by atoms with E-state index in [0.29, 0.717) is 29.0 Å². The van der Waals surface area contributed by atoms with E-state index in [1.807, 2.05) is 0 Å². The number of hydrogen-bond acceptors (Lipinski definition) is 8. The highest BCUT2D eigenvalue weighted by molar-refractivity contribution is 6.31. The Kier molecular flexibility index (Phi) is 8.86. The molecule has 0 radical (unpaired) electrons. The molecule has 0 spiro atoms. The smallest absolute Gasteiger partial charge is 0.420 e. The summed E-state index contributed by atoms with van der Waals surface area (Å²) in [5.41, 5.74) is 0.0173. The van der Waals surface area contributed by atoms with E-state index in [-0.39, 0.29) is 16.5 Å². The highest BCUT2D eigenvalue weighted by atomic mass is 35.5. The lowest BCUT2D eigenvalue weighted by molar-refractivity contribution is 0.0357. The van der Waals surface area contributed by atoms with Crippen molar-refractivity contribution in [2.75, 3.05) is 51.5 Å². The summed E-state index contributed by atoms with van der Waals surface area (Å²) in [5.74, 6) is 0.610. The van der Waals surface area contributed by atoms with Gasteiger partial charge in [-0.15, -0.1) is 0 Å². The molecule has 3 aromatic rings. The summed E-state index contributed by atoms with van der Waals surface area (Å²) in [6.45, 7) is 9.94. The van der Waals surface area contributed by atoms with Gasteiger partial charge in [-0.1, -0.05) is 11.6 Å². The van der Waals surface area contributed by atoms with Gasteiger partial charge in [-0.2, -0.15) is 0 Å². The third-order valence-corrected chi connectivity index (χ3v) is 6.12. The molecule has 1 fully saturated rings. The van der Waals surface area contributed by atoms with E-state index in [1.54, 1.807) is 40.0 Å². The van der Waals surface area contributed by atoms with E-state index in [1.165, 1.54) is 29.4 Å². The van der Waals surface area contributed by atoms with Crippen molar-refractivity contribution in [1.82, 2.24) is 14.9 Å². The summed E-state index contributed by atoms with van der Waals surface area (Å²) >= 11 is 6.06. The lowest BCUT2D eigenvalue weighted by Crippen LogP contribution is -2.37. The maximum Gasteiger partial charge on any atom is 0.420 e. The Balaban J connectivity index is 1.69. The number of nitrogens with zero attached hydrogens (tertiary/aromatic N) is 4. The van der Waals surface area contributed by atoms with Gasteiger partial charge in [0.2, 0.25) is 0 Å². The number of carbonyl (C=O) groups excluding carboxylic acids is 1. The Hall–Kier alpha value is -3.21. The highest BCUT2D eigenvalue weighted by Crippen LogP contribution is 2.38. The van der Waals surface area contributed by atoms with Crippen LogP contribution < -0.4 is 14.4 Å². The van der Waals surface area contributed by atoms with Crippen molar-refractivity contribution >= 4 is 40.1 Å². The Morgan fingerprint density at radius 2 is 1.92 bits per heavy atom. The van der Waals surface area contributed by atoms with Gasteiger partial charge in [0.25, 0.3) is 0 Å². The first-order valence-corrected chi connectivity index (χ1v) is 12.8. The maximum atomic E-state index is 14.0. The molecule has 1 aromatic heterocycles. The molecule has 4 rings (SSSR count). The largest absolute Gasteiger partial charge is 0.493 e. The molecule has 1 amide bonds. The standard InChI is InChI=1S/C27H32ClFN4O5/c1-27(2,3)38-26(34)33(18-6-7-21(29)20(28)14-18)25-19-15-24(23(35-4)16-22(19)30-17-31-25)37-11-5-8-32-9-12-36-13-10-32/h6-7,14-17H,5,8-13H2,1-4H3. The van der Waals surface area contributed by atoms with Gasteiger partial charge in [0.05, 0.1) is 43.2 Å². The van der Waals surface area contributed by atoms with Crippen LogP contribution in [0.1, 0.15) is 27.2 Å². The fourth-order valence-electron chi connectivity index (χ4n) is 4.04. The third kappa shape index (κ3) is 6.80. The molecule has 0 unspecified atom stereocenters. The number of aromatic nitrogens is 2. The summed E-state index contributed by atoms with van der Waals surface area (Å²) < 4.78 is 36.7. The van der Waals surface area contributed by atoms with Crippen LogP contribution in [0.25, 0.3) is 10.9 Å². The zero-order valence-electron chi connectivity index (χ0n) is 22.0. The monoisotopic (exact) mass is 546 g/mol. The molecular formula is C27H32ClFN4O5. The molecule has 1 aliphatic heterocycles. The molecule has 11 heteroatoms. The number of benzene rings is 2. The SMILES string of the molecule is COc1cc2ncnc(N(C(=O)OC(C)(C)C)c3ccc(F)c(Cl)c3)c2cc1OCCCN1CCOCC1. The van der Waals surface area contributed by atoms with E-state index in [0.717, 1.165) is 39.3 Å². The van der Waals surface area contributed by atoms with Gasteiger partial charge < -0.3 is 18.9 Å². The topological polar surface area (TPSA) is 86.3 Å². The summed E-state index contributed by atoms with van der Waals surface area (Å²) in [4.78, 5) is 25.8. The van der Waals surface area contributed by atoms with E-state index in [4.69, 9.17) is 30.5 Å². The molecule has 0 saturated carbocycles. The van der Waals surface area contributed by atoms with Gasteiger partial charge in [-0.25, -0.2) is 24.1 Å². The van der Waals surface area contributed by atoms with Crippen LogP contribution in [0.15, 0.2) is 36.7 Å². The van der Waals surface area contributed by atoms with Gasteiger partial charge in [-0.3, -0.25) is 4.90 Å². The summed E-state index contributed by atoms with van der Waals surface area (Å²) in [6.07, 6.45) is 1.45. The third-order valence-electron chi connectivity index (χ3n) is 5.83. The molecule has 0 atom stereocenters. The number of hydrogen-bond donors (Lipinski definition) is 0. The molecule has 0 bridgehead atoms. The van der Waals surface area contributed by atoms with E-state index in [2.05, 4.69) is 14.9 Å². The van der Waals surface area contributed by atoms with Crippen LogP contribution in [-0.4, -0.2) is 73.1 Å². The van der Waals surface area contributed by atoms with Crippen molar-refractivity contribution < 1.29 is 28.1 Å². The second-order valence-electron chi connectivity index (χ2n) is 9.79. The molecule has 1 saturated heterocycles. The summed E-state index contributed by atoms with van der Waals surface area (Å²) in [5, 5.41) is 0.378. The molecule has 0 aliphatic carbocycles. The predicted molar refractivity (Wildman–Crippen MR) is 143 cm³/mol. The first-order chi connectivity index (χ1) is 18.2. The minimum Gasteiger partial charge on any atom is -0.493 e. The average molecular weight is 547 g/mol. The fourth-order valence-corrected chi connectivity index (χ4v) is 4.22. The molecule has 204 valence electrons. The van der Waals surface area contributed by atoms with Gasteiger partial charge in [0.15, 0.2) is 17.3 Å². The number of methoxy groups -OCH3 is 1. The van der Waals surface area contributed by atoms with Crippen molar-refractivity contribution in [3.05, 3.63) is 47.5 Å². The normalized spacial score (nSPS) is 14.4. The number of amides is 1. The molecule has 1 aliphatic rings. The number of fused-ring (bicyclic) bond motifs is 1. The van der Waals surface area contributed by atoms with Crippen LogP contribution in [0.4, 0.5) is 20.7 Å². The van der Waals surface area contributed by atoms with Gasteiger partial charge in [0, 0.05) is 31.1 Å². The first-order valence-electron chi connectivity index (χ1n) is 12.4. The summed E-state index contributed by atoms with van der Waals surface area (Å²) in [6, 6.07) is 7.43. The van der Waals surface area contributed by atoms with Crippen molar-refractivity contribution in [3.63, 3.8) is 0 Å². The number of rotatable bonds is 8. The number of morpholine rings is 1. The van der Waals surface area contributed by atoms with Crippen LogP contribution >= 0.6 is 11.6 Å². The van der Waals surface area contributed by atoms with Crippen molar-refractivity contribution in [1.29, 1.82) is 0 Å². The van der Waals surface area contributed by atoms with Crippen LogP contribution in [0.3, 0.4) is 0 Å². The van der Waals surface area contributed by atoms with Crippen molar-refractivity contribution in [3.8, 4) is 11.5 Å². The van der Waals surface area contributed by atoms with Crippen molar-refractivity contribution in [2.45, 2.75) is 32.8 Å². The number of halogens is 2. The van der Waals surface area contributed by atoms with Gasteiger partial charge in [0.1, 0.15) is 17.7 Å². The number of carbonyl (C=O) groups is 1. The Bertz CT molecular complexity index is 1280. The molecule has 0 N–H and O–H groups in total. The lowest BCUT2D eigenvalue weighted by Gasteiger charge is -2.27. The zero-order chi connectivity index (χ0) is 27.3. The maximum absolute atomic E-state index is 14.0. The second kappa shape index (κ2) is 12.1. The van der Waals surface area contributed by atoms with E-state index in [9.17, 15) is 9.18 Å². The minimum absolute atomic E-state index is 0.139. The highest BCUT2D eigenvalue weighted by Gasteiger charge is 2.28. The van der Waals surface area contributed by atoms with Gasteiger partial charge >= 0.3 is 6.09 Å². The number of ether oxygens (including phenoxy) is 4. The Morgan fingerprint density at radius 1 is 1.16 bits per heavy atom. The number of anilines is 2.